The van der Waals surface area contributed by atoms with E-state index >= 15 is 0 Å². The molecule has 0 fully saturated rings. The zero-order valence-electron chi connectivity index (χ0n) is 8.87. The Morgan fingerprint density at radius 2 is 2.00 bits per heavy atom. The Labute approximate surface area is 93.4 Å². The first kappa shape index (κ1) is 12.2. The Bertz CT molecular complexity index is 315. The largest absolute Gasteiger partial charge is 0.501 e. The summed E-state index contributed by atoms with van der Waals surface area (Å²) in [5.41, 5.74) is 0.309. The van der Waals surface area contributed by atoms with Gasteiger partial charge in [-0.05, 0) is 23.8 Å². The molecule has 0 atom stereocenters. The minimum Gasteiger partial charge on any atom is -0.501 e. The molecule has 0 aromatic rings. The molecule has 0 aromatic heterocycles. The van der Waals surface area contributed by atoms with E-state index in [0.717, 1.165) is 0 Å². The fourth-order valence-corrected chi connectivity index (χ4v) is 1.50. The SMILES string of the molecule is COC1=CC(C(=O)Cl)=CC(OC)(OC)C1. The number of ether oxygens (including phenoxy) is 3. The van der Waals surface area contributed by atoms with Gasteiger partial charge in [-0.15, -0.1) is 0 Å². The molecule has 0 bridgehead atoms. The van der Waals surface area contributed by atoms with Crippen molar-refractivity contribution in [2.24, 2.45) is 0 Å². The van der Waals surface area contributed by atoms with Gasteiger partial charge in [0.05, 0.1) is 13.5 Å². The van der Waals surface area contributed by atoms with Crippen molar-refractivity contribution in [1.82, 2.24) is 0 Å². The van der Waals surface area contributed by atoms with E-state index in [1.165, 1.54) is 21.3 Å². The molecule has 0 aromatic carbocycles. The van der Waals surface area contributed by atoms with Gasteiger partial charge < -0.3 is 14.2 Å². The minimum absolute atomic E-state index is 0.309. The van der Waals surface area contributed by atoms with Gasteiger partial charge in [-0.3, -0.25) is 4.79 Å². The average molecular weight is 233 g/mol. The van der Waals surface area contributed by atoms with Crippen molar-refractivity contribution in [3.8, 4) is 0 Å². The number of halogens is 1. The highest BCUT2D eigenvalue weighted by atomic mass is 35.5. The summed E-state index contributed by atoms with van der Waals surface area (Å²) in [4.78, 5) is 11.1. The third-order valence-electron chi connectivity index (χ3n) is 2.29. The first-order valence-electron chi connectivity index (χ1n) is 4.34. The van der Waals surface area contributed by atoms with Crippen LogP contribution in [0.1, 0.15) is 6.42 Å². The van der Waals surface area contributed by atoms with Crippen LogP contribution >= 0.6 is 11.6 Å². The Hall–Kier alpha value is -0.840. The van der Waals surface area contributed by atoms with E-state index < -0.39 is 11.0 Å². The van der Waals surface area contributed by atoms with Crippen LogP contribution in [0, 0.1) is 0 Å². The molecule has 0 N–H and O–H groups in total. The van der Waals surface area contributed by atoms with Crippen molar-refractivity contribution >= 4 is 16.8 Å². The maximum absolute atomic E-state index is 11.1. The number of hydrogen-bond acceptors (Lipinski definition) is 4. The quantitative estimate of drug-likeness (QED) is 0.546. The average Bonchev–Trinajstić information content (AvgIpc) is 2.28. The molecule has 0 saturated heterocycles. The summed E-state index contributed by atoms with van der Waals surface area (Å²) >= 11 is 5.40. The lowest BCUT2D eigenvalue weighted by Gasteiger charge is -2.31. The number of hydrogen-bond donors (Lipinski definition) is 0. The highest BCUT2D eigenvalue weighted by molar-refractivity contribution is 6.68. The van der Waals surface area contributed by atoms with Crippen LogP contribution in [-0.4, -0.2) is 32.4 Å². The van der Waals surface area contributed by atoms with Crippen molar-refractivity contribution in [1.29, 1.82) is 0 Å². The Balaban J connectivity index is 3.08. The van der Waals surface area contributed by atoms with Crippen molar-refractivity contribution in [3.63, 3.8) is 0 Å². The zero-order chi connectivity index (χ0) is 11.5. The normalized spacial score (nSPS) is 19.2. The molecule has 0 radical (unpaired) electrons. The lowest BCUT2D eigenvalue weighted by atomic mass is 10.0. The van der Waals surface area contributed by atoms with E-state index in [2.05, 4.69) is 0 Å². The number of methoxy groups -OCH3 is 3. The highest BCUT2D eigenvalue weighted by Gasteiger charge is 2.33. The standard InChI is InChI=1S/C10H13ClO4/c1-13-8-4-7(9(11)12)5-10(6-8,14-2)15-3/h4-5H,6H2,1-3H3. The van der Waals surface area contributed by atoms with Gasteiger partial charge in [0.1, 0.15) is 5.76 Å². The van der Waals surface area contributed by atoms with Gasteiger partial charge in [0.2, 0.25) is 0 Å². The molecule has 0 spiro atoms. The number of carbonyl (C=O) groups is 1. The fourth-order valence-electron chi connectivity index (χ4n) is 1.39. The van der Waals surface area contributed by atoms with Crippen LogP contribution in [0.4, 0.5) is 0 Å². The van der Waals surface area contributed by atoms with Crippen LogP contribution in [0.5, 0.6) is 0 Å². The van der Waals surface area contributed by atoms with Gasteiger partial charge in [-0.2, -0.15) is 0 Å². The molecule has 0 unspecified atom stereocenters. The van der Waals surface area contributed by atoms with Gasteiger partial charge in [-0.25, -0.2) is 0 Å². The second kappa shape index (κ2) is 4.79. The maximum atomic E-state index is 11.1. The zero-order valence-corrected chi connectivity index (χ0v) is 9.63. The molecular weight excluding hydrogens is 220 g/mol. The van der Waals surface area contributed by atoms with Crippen LogP contribution in [-0.2, 0) is 19.0 Å². The van der Waals surface area contributed by atoms with Gasteiger partial charge in [-0.1, -0.05) is 0 Å². The molecule has 1 aliphatic carbocycles. The van der Waals surface area contributed by atoms with Gasteiger partial charge >= 0.3 is 0 Å². The lowest BCUT2D eigenvalue weighted by molar-refractivity contribution is -0.174. The molecule has 1 rings (SSSR count). The predicted molar refractivity (Wildman–Crippen MR) is 55.4 cm³/mol. The van der Waals surface area contributed by atoms with E-state index in [1.54, 1.807) is 12.2 Å². The van der Waals surface area contributed by atoms with E-state index in [4.69, 9.17) is 25.8 Å². The van der Waals surface area contributed by atoms with Crippen molar-refractivity contribution in [2.45, 2.75) is 12.2 Å². The molecule has 84 valence electrons. The molecule has 5 heteroatoms. The summed E-state index contributed by atoms with van der Waals surface area (Å²) in [6.07, 6.45) is 3.53. The van der Waals surface area contributed by atoms with Crippen LogP contribution < -0.4 is 0 Å². The van der Waals surface area contributed by atoms with Crippen LogP contribution in [0.2, 0.25) is 0 Å². The maximum Gasteiger partial charge on any atom is 0.252 e. The van der Waals surface area contributed by atoms with Gasteiger partial charge in [0.25, 0.3) is 5.24 Å². The Morgan fingerprint density at radius 1 is 1.40 bits per heavy atom. The Kier molecular flexibility index (Phi) is 3.90. The predicted octanol–water partition coefficient (Wildman–Crippen LogP) is 1.60. The number of rotatable bonds is 4. The van der Waals surface area contributed by atoms with Crippen molar-refractivity contribution in [3.05, 3.63) is 23.5 Å². The Morgan fingerprint density at radius 3 is 2.40 bits per heavy atom. The van der Waals surface area contributed by atoms with Crippen molar-refractivity contribution in [2.75, 3.05) is 21.3 Å². The van der Waals surface area contributed by atoms with Crippen molar-refractivity contribution < 1.29 is 19.0 Å². The minimum atomic E-state index is -0.972. The summed E-state index contributed by atoms with van der Waals surface area (Å²) in [7, 11) is 4.51. The smallest absolute Gasteiger partial charge is 0.252 e. The summed E-state index contributed by atoms with van der Waals surface area (Å²) in [5.74, 6) is -0.384. The van der Waals surface area contributed by atoms with E-state index in [0.29, 0.717) is 17.8 Å². The van der Waals surface area contributed by atoms with Crippen LogP contribution in [0.25, 0.3) is 0 Å². The van der Waals surface area contributed by atoms with Crippen LogP contribution in [0.3, 0.4) is 0 Å². The molecule has 0 amide bonds. The molecule has 0 aliphatic heterocycles. The van der Waals surface area contributed by atoms with E-state index in [1.807, 2.05) is 0 Å². The molecule has 4 nitrogen and oxygen atoms in total. The third-order valence-corrected chi connectivity index (χ3v) is 2.51. The monoisotopic (exact) mass is 232 g/mol. The lowest BCUT2D eigenvalue weighted by Crippen LogP contribution is -2.34. The van der Waals surface area contributed by atoms with Gasteiger partial charge in [0, 0.05) is 19.8 Å². The fraction of sp³-hybridized carbons (Fsp3) is 0.500. The number of allylic oxidation sites excluding steroid dienone is 2. The first-order valence-corrected chi connectivity index (χ1v) is 4.72. The molecule has 0 saturated carbocycles. The van der Waals surface area contributed by atoms with E-state index in [9.17, 15) is 4.79 Å². The second-order valence-corrected chi connectivity index (χ2v) is 3.43. The molecule has 1 aliphatic rings. The summed E-state index contributed by atoms with van der Waals surface area (Å²) in [6, 6.07) is 0. The van der Waals surface area contributed by atoms with Gasteiger partial charge in [0.15, 0.2) is 5.79 Å². The highest BCUT2D eigenvalue weighted by Crippen LogP contribution is 2.31. The van der Waals surface area contributed by atoms with Crippen LogP contribution in [0.15, 0.2) is 23.5 Å². The van der Waals surface area contributed by atoms with E-state index in [-0.39, 0.29) is 0 Å². The summed E-state index contributed by atoms with van der Waals surface area (Å²) in [5, 5.41) is -0.567. The molecule has 0 heterocycles. The molecule has 15 heavy (non-hydrogen) atoms. The second-order valence-electron chi connectivity index (χ2n) is 3.09. The topological polar surface area (TPSA) is 44.8 Å². The third kappa shape index (κ3) is 2.59. The first-order chi connectivity index (χ1) is 7.06. The summed E-state index contributed by atoms with van der Waals surface area (Å²) < 4.78 is 15.5. The molecular formula is C10H13ClO4. The summed E-state index contributed by atoms with van der Waals surface area (Å²) in [6.45, 7) is 0. The number of carbonyl (C=O) groups excluding carboxylic acids is 1.